The van der Waals surface area contributed by atoms with Crippen LogP contribution in [0, 0.1) is 0 Å². The lowest BCUT2D eigenvalue weighted by Gasteiger charge is -2.46. The maximum Gasteiger partial charge on any atom is 0.471 e. The molecule has 9 heterocycles. The summed E-state index contributed by atoms with van der Waals surface area (Å²) in [4.78, 5) is 113. The number of piperazine rings is 1. The van der Waals surface area contributed by atoms with E-state index in [0.717, 1.165) is 106 Å². The SMILES string of the molecule is COc1ncc(-c2ccnc(N3CCc4c(sc5c4CCCC5)C3=O)c2[C@@H](C)O)cc1Nc1ccc(N2CCN(C3CCN(c4ccc5c(c4)C(=O)N(C4CCC(=O)N(C(C)OP(=O)(O)O)C4=O)C5=O)CC3)C[C@@H]2C)cn1. The van der Waals surface area contributed by atoms with Crippen LogP contribution >= 0.6 is 19.2 Å². The van der Waals surface area contributed by atoms with Crippen LogP contribution in [0.4, 0.5) is 28.7 Å². The number of phosphoric acid groups is 1. The molecule has 5 amide bonds. The fourth-order valence-corrected chi connectivity index (χ4v) is 14.1. The number of aryl methyl sites for hydroxylation is 1. The second-order valence-electron chi connectivity index (χ2n) is 20.6. The molecule has 404 valence electrons. The van der Waals surface area contributed by atoms with Gasteiger partial charge in [0.1, 0.15) is 29.6 Å². The van der Waals surface area contributed by atoms with Crippen molar-refractivity contribution >= 4 is 77.4 Å². The van der Waals surface area contributed by atoms with Crippen molar-refractivity contribution < 1.29 is 52.7 Å². The van der Waals surface area contributed by atoms with Crippen molar-refractivity contribution in [2.75, 3.05) is 66.4 Å². The maximum absolute atomic E-state index is 14.1. The molecule has 0 radical (unpaired) electrons. The third-order valence-corrected chi connectivity index (χ3v) is 17.8. The predicted octanol–water partition coefficient (Wildman–Crippen LogP) is 6.24. The zero-order valence-corrected chi connectivity index (χ0v) is 45.0. The number of pyridine rings is 3. The van der Waals surface area contributed by atoms with Crippen LogP contribution in [-0.4, -0.2) is 145 Å². The number of likely N-dealkylation sites (tertiary alicyclic amines) is 1. The Morgan fingerprint density at radius 1 is 0.792 bits per heavy atom. The summed E-state index contributed by atoms with van der Waals surface area (Å²) in [5.74, 6) is -1.66. The molecule has 0 saturated carbocycles. The zero-order valence-electron chi connectivity index (χ0n) is 43.3. The third-order valence-electron chi connectivity index (χ3n) is 15.9. The highest BCUT2D eigenvalue weighted by atomic mass is 32.1. The van der Waals surface area contributed by atoms with Gasteiger partial charge in [0.2, 0.25) is 11.8 Å². The third kappa shape index (κ3) is 9.89. The van der Waals surface area contributed by atoms with Crippen molar-refractivity contribution in [2.24, 2.45) is 0 Å². The number of rotatable bonds is 13. The average molecular weight is 1090 g/mol. The molecule has 3 fully saturated rings. The summed E-state index contributed by atoms with van der Waals surface area (Å²) >= 11 is 1.62. The molecule has 23 heteroatoms. The highest BCUT2D eigenvalue weighted by Crippen LogP contribution is 2.43. The Kier molecular flexibility index (Phi) is 14.3. The lowest BCUT2D eigenvalue weighted by Crippen LogP contribution is -2.58. The Morgan fingerprint density at radius 2 is 1.56 bits per heavy atom. The number of carbonyl (C=O) groups excluding carboxylic acids is 5. The van der Waals surface area contributed by atoms with E-state index in [4.69, 9.17) is 14.7 Å². The van der Waals surface area contributed by atoms with E-state index in [1.165, 1.54) is 16.0 Å². The molecule has 3 saturated heterocycles. The number of hydrogen-bond acceptors (Lipinski definition) is 17. The number of piperidine rings is 2. The number of amides is 5. The summed E-state index contributed by atoms with van der Waals surface area (Å²) in [6, 6.07) is 12.0. The summed E-state index contributed by atoms with van der Waals surface area (Å²) in [6.45, 7) is 9.51. The van der Waals surface area contributed by atoms with Crippen LogP contribution < -0.4 is 24.8 Å². The number of imide groups is 2. The molecule has 77 heavy (non-hydrogen) atoms. The molecule has 1 aliphatic carbocycles. The van der Waals surface area contributed by atoms with Gasteiger partial charge < -0.3 is 34.7 Å². The van der Waals surface area contributed by atoms with E-state index >= 15 is 0 Å². The molecule has 4 atom stereocenters. The van der Waals surface area contributed by atoms with Gasteiger partial charge in [0.25, 0.3) is 23.6 Å². The first-order valence-corrected chi connectivity index (χ1v) is 28.6. The molecular formula is C54H61N10O11PS. The molecule has 6 aliphatic rings. The number of aliphatic hydroxyl groups is 1. The van der Waals surface area contributed by atoms with Crippen molar-refractivity contribution in [1.82, 2.24) is 29.7 Å². The minimum absolute atomic E-state index is 0.0649. The van der Waals surface area contributed by atoms with Gasteiger partial charge in [-0.1, -0.05) is 0 Å². The number of aliphatic hydroxyl groups excluding tert-OH is 1. The van der Waals surface area contributed by atoms with E-state index in [2.05, 4.69) is 42.5 Å². The van der Waals surface area contributed by atoms with E-state index in [1.807, 2.05) is 24.4 Å². The summed E-state index contributed by atoms with van der Waals surface area (Å²) in [5.41, 5.74) is 7.18. The van der Waals surface area contributed by atoms with Crippen molar-refractivity contribution in [3.05, 3.63) is 98.6 Å². The number of benzene rings is 1. The number of fused-ring (bicyclic) bond motifs is 4. The first kappa shape index (κ1) is 52.4. The Balaban J connectivity index is 0.709. The molecule has 21 nitrogen and oxygen atoms in total. The molecule has 4 N–H and O–H groups in total. The first-order chi connectivity index (χ1) is 37.0. The summed E-state index contributed by atoms with van der Waals surface area (Å²) in [7, 11) is -3.50. The Labute approximate surface area is 449 Å². The monoisotopic (exact) mass is 1090 g/mol. The van der Waals surface area contributed by atoms with Crippen LogP contribution in [0.15, 0.2) is 61.1 Å². The van der Waals surface area contributed by atoms with Crippen LogP contribution in [-0.2, 0) is 37.9 Å². The molecule has 5 aromatic rings. The van der Waals surface area contributed by atoms with E-state index in [0.29, 0.717) is 57.4 Å². The smallest absolute Gasteiger partial charge is 0.471 e. The number of thiophene rings is 1. The first-order valence-electron chi connectivity index (χ1n) is 26.2. The van der Waals surface area contributed by atoms with Crippen LogP contribution in [0.2, 0.25) is 0 Å². The van der Waals surface area contributed by atoms with Crippen LogP contribution in [0.3, 0.4) is 0 Å². The number of hydrogen-bond donors (Lipinski definition) is 4. The zero-order chi connectivity index (χ0) is 54.0. The van der Waals surface area contributed by atoms with Crippen molar-refractivity contribution in [2.45, 2.75) is 109 Å². The van der Waals surface area contributed by atoms with Crippen LogP contribution in [0.5, 0.6) is 5.88 Å². The number of nitrogens with one attached hydrogen (secondary N) is 1. The van der Waals surface area contributed by atoms with Gasteiger partial charge in [-0.2, -0.15) is 0 Å². The van der Waals surface area contributed by atoms with Crippen molar-refractivity contribution in [3.8, 4) is 17.0 Å². The van der Waals surface area contributed by atoms with Gasteiger partial charge in [-0.25, -0.2) is 19.5 Å². The van der Waals surface area contributed by atoms with E-state index in [9.17, 15) is 43.4 Å². The minimum Gasteiger partial charge on any atom is -0.480 e. The molecule has 0 spiro atoms. The molecule has 5 aliphatic heterocycles. The highest BCUT2D eigenvalue weighted by Gasteiger charge is 2.49. The molecule has 4 aromatic heterocycles. The standard InChI is InChI=1S/C54H61N10O11PS/c1-30-29-60(34-16-20-59(21-17-34)35-9-11-40-41(26-35)52(68)64(51(40)67)43-12-14-46(66)63(53(43)69)32(3)75-76(71,72)73)23-24-61(30)36-10-13-45(56-28-36)58-42-25-33(27-57-50(42)74-4)37-15-19-55-49(47(37)31(2)65)62-22-18-39-38-7-5-6-8-44(38)77-48(39)54(62)70/h9-11,13,15,19,25-28,30-32,34,43,65H,5-8,12,14,16-18,20-24,29H2,1-4H3,(H,56,58)(H2,71,72,73)/t30-,31+,32?,43?/m0/s1. The number of aromatic nitrogens is 3. The molecule has 1 aromatic carbocycles. The van der Waals surface area contributed by atoms with Gasteiger partial charge in [-0.3, -0.25) is 48.1 Å². The fraction of sp³-hybridized carbons (Fsp3) is 0.444. The Hall–Kier alpha value is -6.65. The lowest BCUT2D eigenvalue weighted by atomic mass is 9.91. The topological polar surface area (TPSA) is 252 Å². The highest BCUT2D eigenvalue weighted by molar-refractivity contribution is 7.46. The number of phosphoric ester groups is 1. The number of ether oxygens (including phenoxy) is 1. The van der Waals surface area contributed by atoms with Crippen LogP contribution in [0.1, 0.15) is 117 Å². The quantitative estimate of drug-likeness (QED) is 0.0753. The number of nitrogens with zero attached hydrogens (tertiary/aromatic N) is 9. The van der Waals surface area contributed by atoms with Gasteiger partial charge in [0, 0.05) is 91.9 Å². The van der Waals surface area contributed by atoms with Crippen molar-refractivity contribution in [3.63, 3.8) is 0 Å². The Morgan fingerprint density at radius 3 is 2.29 bits per heavy atom. The summed E-state index contributed by atoms with van der Waals surface area (Å²) in [5, 5.41) is 14.7. The van der Waals surface area contributed by atoms with Gasteiger partial charge >= 0.3 is 7.82 Å². The van der Waals surface area contributed by atoms with Gasteiger partial charge in [-0.15, -0.1) is 11.3 Å². The Bertz CT molecular complexity index is 3230. The largest absolute Gasteiger partial charge is 0.480 e. The summed E-state index contributed by atoms with van der Waals surface area (Å²) in [6.07, 6.45) is 9.24. The minimum atomic E-state index is -5.06. The van der Waals surface area contributed by atoms with Gasteiger partial charge in [0.15, 0.2) is 0 Å². The normalized spacial score (nSPS) is 21.3. The van der Waals surface area contributed by atoms with E-state index in [-0.39, 0.29) is 35.9 Å². The molecule has 11 rings (SSSR count). The molecule has 2 unspecified atom stereocenters. The van der Waals surface area contributed by atoms with Crippen molar-refractivity contribution in [1.29, 1.82) is 0 Å². The number of anilines is 5. The predicted molar refractivity (Wildman–Crippen MR) is 287 cm³/mol. The van der Waals surface area contributed by atoms with Gasteiger partial charge in [-0.05, 0) is 131 Å². The number of carbonyl (C=O) groups is 5. The summed E-state index contributed by atoms with van der Waals surface area (Å²) < 4.78 is 21.8. The molecule has 0 bridgehead atoms. The second-order valence-corrected chi connectivity index (χ2v) is 22.9. The lowest BCUT2D eigenvalue weighted by molar-refractivity contribution is -0.161. The van der Waals surface area contributed by atoms with Gasteiger partial charge in [0.05, 0.1) is 41.1 Å². The number of methoxy groups -OCH3 is 1. The maximum atomic E-state index is 14.1. The van der Waals surface area contributed by atoms with Crippen LogP contribution in [0.25, 0.3) is 11.1 Å². The fourth-order valence-electron chi connectivity index (χ4n) is 12.3. The average Bonchev–Trinajstić information content (AvgIpc) is 3.93. The molecular weight excluding hydrogens is 1030 g/mol. The second kappa shape index (κ2) is 21.0. The van der Waals surface area contributed by atoms with E-state index in [1.54, 1.807) is 60.9 Å². The van der Waals surface area contributed by atoms with E-state index < -0.39 is 49.8 Å².